The van der Waals surface area contributed by atoms with Crippen LogP contribution in [-0.2, 0) is 27.9 Å². The molecule has 0 aliphatic carbocycles. The fourth-order valence-electron chi connectivity index (χ4n) is 3.95. The van der Waals surface area contributed by atoms with Gasteiger partial charge in [0.15, 0.2) is 0 Å². The lowest BCUT2D eigenvalue weighted by Crippen LogP contribution is -2.22. The highest BCUT2D eigenvalue weighted by atomic mass is 32.2. The Morgan fingerprint density at radius 3 is 2.66 bits per heavy atom. The summed E-state index contributed by atoms with van der Waals surface area (Å²) in [6.07, 6.45) is -0.00382. The van der Waals surface area contributed by atoms with E-state index in [1.54, 1.807) is 24.3 Å². The number of aryl methyl sites for hydroxylation is 1. The van der Waals surface area contributed by atoms with E-state index in [1.807, 2.05) is 30.5 Å². The monoisotopic (exact) mass is 457 g/mol. The number of imidazole rings is 1. The molecule has 170 valence electrons. The molecule has 0 spiro atoms. The third kappa shape index (κ3) is 3.65. The average Bonchev–Trinajstić information content (AvgIpc) is 3.27. The highest BCUT2D eigenvalue weighted by molar-refractivity contribution is 7.89. The van der Waals surface area contributed by atoms with Gasteiger partial charge in [-0.1, -0.05) is 19.1 Å². The van der Waals surface area contributed by atoms with Gasteiger partial charge >= 0.3 is 5.97 Å². The van der Waals surface area contributed by atoms with Crippen LogP contribution >= 0.6 is 0 Å². The van der Waals surface area contributed by atoms with Gasteiger partial charge in [-0.3, -0.25) is 0 Å². The zero-order valence-electron chi connectivity index (χ0n) is 18.8. The maximum absolute atomic E-state index is 12.8. The molecule has 2 heterocycles. The fourth-order valence-corrected chi connectivity index (χ4v) is 4.87. The predicted octanol–water partition coefficient (Wildman–Crippen LogP) is 3.55. The van der Waals surface area contributed by atoms with Crippen LogP contribution in [0.3, 0.4) is 0 Å². The molecule has 0 bridgehead atoms. The topological polar surface area (TPSA) is 90.7 Å². The van der Waals surface area contributed by atoms with Crippen LogP contribution in [0.15, 0.2) is 41.3 Å². The number of hydrogen-bond donors (Lipinski definition) is 0. The van der Waals surface area contributed by atoms with Gasteiger partial charge in [0.25, 0.3) is 0 Å². The standard InChI is InChI=1S/C23H27N3O5S/c1-6-26-20-11-10-16(32(28,29)25(4)5)12-19(20)24-21(26)13-30-23(27)18-9-7-8-17-14(2)15(3)31-22(17)18/h7-12,14-15H,6,13H2,1-5H3. The number of aromatic nitrogens is 2. The second-order valence-corrected chi connectivity index (χ2v) is 10.3. The molecule has 3 aromatic rings. The number of fused-ring (bicyclic) bond motifs is 2. The largest absolute Gasteiger partial charge is 0.489 e. The van der Waals surface area contributed by atoms with E-state index in [4.69, 9.17) is 9.47 Å². The van der Waals surface area contributed by atoms with Crippen LogP contribution in [0.1, 0.15) is 48.4 Å². The maximum atomic E-state index is 12.8. The minimum Gasteiger partial charge on any atom is -0.489 e. The van der Waals surface area contributed by atoms with Crippen molar-refractivity contribution in [3.05, 3.63) is 53.3 Å². The van der Waals surface area contributed by atoms with Crippen molar-refractivity contribution >= 4 is 27.0 Å². The van der Waals surface area contributed by atoms with E-state index in [1.165, 1.54) is 14.1 Å². The van der Waals surface area contributed by atoms with Gasteiger partial charge in [-0.05, 0) is 38.1 Å². The molecule has 0 N–H and O–H groups in total. The number of hydrogen-bond acceptors (Lipinski definition) is 6. The second-order valence-electron chi connectivity index (χ2n) is 8.12. The fraction of sp³-hybridized carbons (Fsp3) is 0.391. The molecule has 0 saturated carbocycles. The SMILES string of the molecule is CCn1c(COC(=O)c2cccc3c2OC(C)C3C)nc2cc(S(=O)(=O)N(C)C)ccc21. The summed E-state index contributed by atoms with van der Waals surface area (Å²) in [5.41, 5.74) is 2.72. The Balaban J connectivity index is 1.61. The van der Waals surface area contributed by atoms with E-state index < -0.39 is 16.0 Å². The first-order valence-corrected chi connectivity index (χ1v) is 12.0. The van der Waals surface area contributed by atoms with Gasteiger partial charge in [-0.25, -0.2) is 22.5 Å². The highest BCUT2D eigenvalue weighted by Gasteiger charge is 2.31. The molecule has 1 aliphatic heterocycles. The summed E-state index contributed by atoms with van der Waals surface area (Å²) in [5.74, 6) is 0.855. The third-order valence-electron chi connectivity index (χ3n) is 5.99. The summed E-state index contributed by atoms with van der Waals surface area (Å²) >= 11 is 0. The molecule has 2 aromatic carbocycles. The quantitative estimate of drug-likeness (QED) is 0.526. The Morgan fingerprint density at radius 2 is 1.97 bits per heavy atom. The van der Waals surface area contributed by atoms with Crippen molar-refractivity contribution in [3.63, 3.8) is 0 Å². The van der Waals surface area contributed by atoms with Crippen LogP contribution < -0.4 is 4.74 Å². The van der Waals surface area contributed by atoms with Crippen LogP contribution in [0.25, 0.3) is 11.0 Å². The molecule has 9 heteroatoms. The van der Waals surface area contributed by atoms with E-state index >= 15 is 0 Å². The molecule has 8 nitrogen and oxygen atoms in total. The molecule has 2 unspecified atom stereocenters. The molecule has 4 rings (SSSR count). The molecular weight excluding hydrogens is 430 g/mol. The number of para-hydroxylation sites is 1. The Bertz CT molecular complexity index is 1300. The Kier molecular flexibility index (Phi) is 5.72. The Morgan fingerprint density at radius 1 is 1.22 bits per heavy atom. The van der Waals surface area contributed by atoms with Crippen molar-refractivity contribution in [1.82, 2.24) is 13.9 Å². The van der Waals surface area contributed by atoms with Gasteiger partial charge in [-0.2, -0.15) is 0 Å². The molecule has 0 saturated heterocycles. The van der Waals surface area contributed by atoms with Gasteiger partial charge in [0.05, 0.1) is 15.9 Å². The van der Waals surface area contributed by atoms with Crippen molar-refractivity contribution in [2.45, 2.75) is 50.8 Å². The maximum Gasteiger partial charge on any atom is 0.342 e. The first-order chi connectivity index (χ1) is 15.1. The number of benzene rings is 2. The number of carbonyl (C=O) groups excluding carboxylic acids is 1. The summed E-state index contributed by atoms with van der Waals surface area (Å²) in [4.78, 5) is 17.6. The zero-order chi connectivity index (χ0) is 23.2. The van der Waals surface area contributed by atoms with E-state index in [2.05, 4.69) is 11.9 Å². The summed E-state index contributed by atoms with van der Waals surface area (Å²) in [7, 11) is -0.597. The highest BCUT2D eigenvalue weighted by Crippen LogP contribution is 2.40. The predicted molar refractivity (Wildman–Crippen MR) is 120 cm³/mol. The lowest BCUT2D eigenvalue weighted by Gasteiger charge is -2.11. The number of esters is 1. The third-order valence-corrected chi connectivity index (χ3v) is 7.80. The number of sulfonamides is 1. The van der Waals surface area contributed by atoms with E-state index in [-0.39, 0.29) is 23.5 Å². The Hall–Kier alpha value is -2.91. The molecule has 32 heavy (non-hydrogen) atoms. The van der Waals surface area contributed by atoms with Crippen LogP contribution in [0, 0.1) is 0 Å². The first kappa shape index (κ1) is 22.3. The van der Waals surface area contributed by atoms with Crippen LogP contribution in [-0.4, -0.2) is 48.4 Å². The number of rotatable bonds is 6. The lowest BCUT2D eigenvalue weighted by molar-refractivity contribution is 0.0453. The van der Waals surface area contributed by atoms with Crippen molar-refractivity contribution < 1.29 is 22.7 Å². The molecule has 0 fully saturated rings. The number of nitrogens with zero attached hydrogens (tertiary/aromatic N) is 3. The van der Waals surface area contributed by atoms with Gasteiger partial charge in [0.2, 0.25) is 10.0 Å². The van der Waals surface area contributed by atoms with E-state index in [0.29, 0.717) is 29.2 Å². The van der Waals surface area contributed by atoms with Crippen molar-refractivity contribution in [2.24, 2.45) is 0 Å². The van der Waals surface area contributed by atoms with Crippen LogP contribution in [0.2, 0.25) is 0 Å². The zero-order valence-corrected chi connectivity index (χ0v) is 19.6. The lowest BCUT2D eigenvalue weighted by atomic mass is 9.97. The summed E-state index contributed by atoms with van der Waals surface area (Å²) in [6, 6.07) is 10.3. The van der Waals surface area contributed by atoms with Crippen LogP contribution in [0.5, 0.6) is 5.75 Å². The minimum absolute atomic E-state index is 0.00382. The summed E-state index contributed by atoms with van der Waals surface area (Å²) in [6.45, 7) is 6.57. The Labute approximate surface area is 187 Å². The van der Waals surface area contributed by atoms with Gasteiger partial charge in [-0.15, -0.1) is 0 Å². The molecule has 2 atom stereocenters. The van der Waals surface area contributed by atoms with Crippen molar-refractivity contribution in [2.75, 3.05) is 14.1 Å². The summed E-state index contributed by atoms with van der Waals surface area (Å²) in [5, 5.41) is 0. The van der Waals surface area contributed by atoms with E-state index in [9.17, 15) is 13.2 Å². The number of carbonyl (C=O) groups is 1. The summed E-state index contributed by atoms with van der Waals surface area (Å²) < 4.78 is 39.5. The normalized spacial score (nSPS) is 18.1. The van der Waals surface area contributed by atoms with Gasteiger partial charge < -0.3 is 14.0 Å². The molecule has 1 aromatic heterocycles. The van der Waals surface area contributed by atoms with Gasteiger partial charge in [0.1, 0.15) is 29.8 Å². The van der Waals surface area contributed by atoms with Crippen molar-refractivity contribution in [3.8, 4) is 5.75 Å². The molecule has 1 aliphatic rings. The molecule has 0 amide bonds. The first-order valence-electron chi connectivity index (χ1n) is 10.5. The molecule has 0 radical (unpaired) electrons. The average molecular weight is 458 g/mol. The minimum atomic E-state index is -3.57. The van der Waals surface area contributed by atoms with Crippen LogP contribution in [0.4, 0.5) is 0 Å². The molecular formula is C23H27N3O5S. The number of ether oxygens (including phenoxy) is 2. The second kappa shape index (κ2) is 8.22. The van der Waals surface area contributed by atoms with Gasteiger partial charge in [0, 0.05) is 32.1 Å². The van der Waals surface area contributed by atoms with E-state index in [0.717, 1.165) is 15.4 Å². The smallest absolute Gasteiger partial charge is 0.342 e. The van der Waals surface area contributed by atoms with Crippen molar-refractivity contribution in [1.29, 1.82) is 0 Å².